The van der Waals surface area contributed by atoms with Crippen molar-refractivity contribution in [1.29, 1.82) is 0 Å². The fourth-order valence-corrected chi connectivity index (χ4v) is 3.81. The molecule has 2 amide bonds. The molecule has 0 radical (unpaired) electrons. The average molecular weight is 410 g/mol. The number of nitrogens with two attached hydrogens (primary N) is 1. The number of hydrogen-bond donors (Lipinski definition) is 2. The van der Waals surface area contributed by atoms with E-state index in [1.165, 1.54) is 7.11 Å². The maximum Gasteiger partial charge on any atom is 0.348 e. The molecule has 0 atom stereocenters. The number of anilines is 1. The number of rotatable bonds is 6. The van der Waals surface area contributed by atoms with Gasteiger partial charge in [0.15, 0.2) is 0 Å². The maximum absolute atomic E-state index is 12.7. The van der Waals surface area contributed by atoms with Crippen molar-refractivity contribution in [3.63, 3.8) is 0 Å². The van der Waals surface area contributed by atoms with Gasteiger partial charge in [-0.15, -0.1) is 11.3 Å². The Morgan fingerprint density at radius 2 is 1.69 bits per heavy atom. The van der Waals surface area contributed by atoms with Crippen molar-refractivity contribution in [2.75, 3.05) is 12.4 Å². The smallest absolute Gasteiger partial charge is 0.348 e. The molecule has 0 bridgehead atoms. The minimum absolute atomic E-state index is 0.0837. The zero-order valence-electron chi connectivity index (χ0n) is 15.7. The number of para-hydroxylation sites is 1. The molecule has 3 rings (SSSR count). The molecule has 3 aromatic rings. The van der Waals surface area contributed by atoms with Crippen LogP contribution in [0.3, 0.4) is 0 Å². The first-order valence-corrected chi connectivity index (χ1v) is 9.38. The summed E-state index contributed by atoms with van der Waals surface area (Å²) in [4.78, 5) is 36.7. The van der Waals surface area contributed by atoms with Crippen LogP contribution < -0.4 is 15.8 Å². The number of nitrogens with one attached hydrogen (secondary N) is 1. The number of primary amides is 1. The van der Waals surface area contributed by atoms with Gasteiger partial charge in [-0.25, -0.2) is 4.79 Å². The second-order valence-corrected chi connectivity index (χ2v) is 7.03. The Kier molecular flexibility index (Phi) is 5.94. The molecule has 0 saturated heterocycles. The van der Waals surface area contributed by atoms with E-state index in [1.54, 1.807) is 43.3 Å². The lowest BCUT2D eigenvalue weighted by molar-refractivity contribution is 0.0605. The topological polar surface area (TPSA) is 108 Å². The van der Waals surface area contributed by atoms with E-state index in [9.17, 15) is 14.4 Å². The number of methoxy groups -OCH3 is 1. The highest BCUT2D eigenvalue weighted by Crippen LogP contribution is 2.34. The van der Waals surface area contributed by atoms with Gasteiger partial charge >= 0.3 is 5.97 Å². The van der Waals surface area contributed by atoms with E-state index in [1.807, 2.05) is 18.2 Å². The van der Waals surface area contributed by atoms with E-state index in [-0.39, 0.29) is 15.4 Å². The van der Waals surface area contributed by atoms with Crippen molar-refractivity contribution in [3.05, 3.63) is 76.2 Å². The Balaban J connectivity index is 1.86. The van der Waals surface area contributed by atoms with Crippen LogP contribution in [0.5, 0.6) is 11.5 Å². The largest absolute Gasteiger partial charge is 0.465 e. The number of amides is 2. The molecule has 0 spiro atoms. The summed E-state index contributed by atoms with van der Waals surface area (Å²) in [5, 5.41) is 2.84. The lowest BCUT2D eigenvalue weighted by atomic mass is 10.1. The highest BCUT2D eigenvalue weighted by molar-refractivity contribution is 7.18. The van der Waals surface area contributed by atoms with Gasteiger partial charge in [0, 0.05) is 5.56 Å². The minimum Gasteiger partial charge on any atom is -0.465 e. The second kappa shape index (κ2) is 8.57. The van der Waals surface area contributed by atoms with Crippen LogP contribution >= 0.6 is 11.3 Å². The van der Waals surface area contributed by atoms with Gasteiger partial charge in [-0.1, -0.05) is 24.3 Å². The van der Waals surface area contributed by atoms with Crippen LogP contribution in [0.4, 0.5) is 5.00 Å². The van der Waals surface area contributed by atoms with Crippen LogP contribution in [0, 0.1) is 6.92 Å². The van der Waals surface area contributed by atoms with Crippen LogP contribution in [0.1, 0.15) is 36.0 Å². The van der Waals surface area contributed by atoms with Crippen LogP contribution in [-0.4, -0.2) is 24.9 Å². The van der Waals surface area contributed by atoms with Gasteiger partial charge < -0.3 is 20.5 Å². The second-order valence-electron chi connectivity index (χ2n) is 6.01. The lowest BCUT2D eigenvalue weighted by Gasteiger charge is -2.08. The van der Waals surface area contributed by atoms with Crippen molar-refractivity contribution in [2.45, 2.75) is 6.92 Å². The first kappa shape index (κ1) is 20.1. The molecule has 0 aliphatic rings. The number of hydrogen-bond acceptors (Lipinski definition) is 6. The Morgan fingerprint density at radius 3 is 2.34 bits per heavy atom. The van der Waals surface area contributed by atoms with Crippen molar-refractivity contribution in [2.24, 2.45) is 5.73 Å². The molecule has 0 fully saturated rings. The summed E-state index contributed by atoms with van der Waals surface area (Å²) < 4.78 is 10.5. The number of carbonyl (C=O) groups is 3. The monoisotopic (exact) mass is 410 g/mol. The number of benzene rings is 2. The van der Waals surface area contributed by atoms with Gasteiger partial charge in [0.05, 0.1) is 12.7 Å². The van der Waals surface area contributed by atoms with Crippen molar-refractivity contribution >= 4 is 34.1 Å². The summed E-state index contributed by atoms with van der Waals surface area (Å²) in [5.41, 5.74) is 6.21. The zero-order chi connectivity index (χ0) is 21.0. The fraction of sp³-hybridized carbons (Fsp3) is 0.0952. The summed E-state index contributed by atoms with van der Waals surface area (Å²) in [6.07, 6.45) is 0. The van der Waals surface area contributed by atoms with E-state index in [4.69, 9.17) is 15.2 Å². The van der Waals surface area contributed by atoms with E-state index in [0.717, 1.165) is 11.3 Å². The molecule has 1 heterocycles. The first-order valence-electron chi connectivity index (χ1n) is 8.56. The van der Waals surface area contributed by atoms with Crippen LogP contribution in [0.15, 0.2) is 54.6 Å². The molecule has 0 saturated carbocycles. The predicted octanol–water partition coefficient (Wildman–Crippen LogP) is 3.99. The Hall–Kier alpha value is -3.65. The maximum atomic E-state index is 12.7. The third-order valence-electron chi connectivity index (χ3n) is 4.07. The van der Waals surface area contributed by atoms with Gasteiger partial charge in [0.2, 0.25) is 0 Å². The van der Waals surface area contributed by atoms with Crippen LogP contribution in [-0.2, 0) is 4.74 Å². The molecule has 3 N–H and O–H groups in total. The number of esters is 1. The van der Waals surface area contributed by atoms with E-state index in [2.05, 4.69) is 5.32 Å². The summed E-state index contributed by atoms with van der Waals surface area (Å²) in [7, 11) is 1.24. The van der Waals surface area contributed by atoms with E-state index >= 15 is 0 Å². The molecule has 7 nitrogen and oxygen atoms in total. The minimum atomic E-state index is -0.745. The first-order chi connectivity index (χ1) is 13.9. The van der Waals surface area contributed by atoms with E-state index < -0.39 is 17.8 Å². The van der Waals surface area contributed by atoms with Gasteiger partial charge in [-0.05, 0) is 42.8 Å². The number of carbonyl (C=O) groups excluding carboxylic acids is 3. The van der Waals surface area contributed by atoms with Crippen molar-refractivity contribution in [3.8, 4) is 11.5 Å². The molecule has 0 aliphatic carbocycles. The Bertz CT molecular complexity index is 1080. The Morgan fingerprint density at radius 1 is 1.00 bits per heavy atom. The van der Waals surface area contributed by atoms with Crippen LogP contribution in [0.25, 0.3) is 0 Å². The third kappa shape index (κ3) is 4.44. The van der Waals surface area contributed by atoms with Crippen molar-refractivity contribution in [1.82, 2.24) is 0 Å². The number of thiophene rings is 1. The molecule has 2 aromatic carbocycles. The standard InChI is InChI=1S/C21H18N2O5S/c1-12-16(18(22)24)20(29-17(12)21(26)27-2)23-19(25)13-7-6-10-15(11-13)28-14-8-4-3-5-9-14/h3-11H,1-2H3,(H2,22,24)(H,23,25). The summed E-state index contributed by atoms with van der Waals surface area (Å²) in [6, 6.07) is 15.8. The third-order valence-corrected chi connectivity index (χ3v) is 5.25. The summed E-state index contributed by atoms with van der Waals surface area (Å²) in [6.45, 7) is 1.58. The molecule has 1 aromatic heterocycles. The number of ether oxygens (including phenoxy) is 2. The highest BCUT2D eigenvalue weighted by atomic mass is 32.1. The molecule has 148 valence electrons. The average Bonchev–Trinajstić information content (AvgIpc) is 3.04. The lowest BCUT2D eigenvalue weighted by Crippen LogP contribution is -2.17. The van der Waals surface area contributed by atoms with E-state index in [0.29, 0.717) is 22.6 Å². The van der Waals surface area contributed by atoms with Gasteiger partial charge in [-0.2, -0.15) is 0 Å². The van der Waals surface area contributed by atoms with Gasteiger partial charge in [0.25, 0.3) is 11.8 Å². The summed E-state index contributed by atoms with van der Waals surface area (Å²) >= 11 is 0.938. The normalized spacial score (nSPS) is 10.3. The zero-order valence-corrected chi connectivity index (χ0v) is 16.5. The fourth-order valence-electron chi connectivity index (χ4n) is 2.69. The molecular weight excluding hydrogens is 392 g/mol. The highest BCUT2D eigenvalue weighted by Gasteiger charge is 2.25. The van der Waals surface area contributed by atoms with Gasteiger partial charge in [-0.3, -0.25) is 9.59 Å². The summed E-state index contributed by atoms with van der Waals surface area (Å²) in [5.74, 6) is -0.697. The van der Waals surface area contributed by atoms with Crippen molar-refractivity contribution < 1.29 is 23.9 Å². The SMILES string of the molecule is COC(=O)c1sc(NC(=O)c2cccc(Oc3ccccc3)c2)c(C(N)=O)c1C. The van der Waals surface area contributed by atoms with Gasteiger partial charge in [0.1, 0.15) is 21.4 Å². The molecule has 0 aliphatic heterocycles. The molecular formula is C21H18N2O5S. The van der Waals surface area contributed by atoms with Crippen LogP contribution in [0.2, 0.25) is 0 Å². The Labute approximate surface area is 171 Å². The predicted molar refractivity (Wildman–Crippen MR) is 110 cm³/mol. The molecule has 29 heavy (non-hydrogen) atoms. The molecule has 8 heteroatoms. The molecule has 0 unspecified atom stereocenters. The quantitative estimate of drug-likeness (QED) is 0.598.